The third-order valence-electron chi connectivity index (χ3n) is 3.51. The Morgan fingerprint density at radius 1 is 1.25 bits per heavy atom. The lowest BCUT2D eigenvalue weighted by atomic mass is 10.1. The van der Waals surface area contributed by atoms with Crippen molar-refractivity contribution < 1.29 is 18.8 Å². The van der Waals surface area contributed by atoms with E-state index in [1.165, 1.54) is 31.4 Å². The van der Waals surface area contributed by atoms with Gasteiger partial charge in [-0.2, -0.15) is 5.10 Å². The normalized spacial score (nSPS) is 10.9. The number of rotatable bonds is 6. The van der Waals surface area contributed by atoms with Gasteiger partial charge in [0, 0.05) is 30.2 Å². The lowest BCUT2D eigenvalue weighted by Crippen LogP contribution is -2.05. The minimum atomic E-state index is -0.537. The van der Waals surface area contributed by atoms with E-state index in [1.807, 2.05) is 0 Å². The van der Waals surface area contributed by atoms with Crippen molar-refractivity contribution in [3.63, 3.8) is 0 Å². The zero-order chi connectivity index (χ0) is 17.1. The lowest BCUT2D eigenvalue weighted by Gasteiger charge is -2.07. The summed E-state index contributed by atoms with van der Waals surface area (Å²) >= 11 is 0. The number of nitro benzene ring substituents is 1. The number of halogens is 1. The number of methoxy groups -OCH3 is 1. The Labute approximate surface area is 136 Å². The van der Waals surface area contributed by atoms with Crippen molar-refractivity contribution in [2.45, 2.75) is 0 Å². The van der Waals surface area contributed by atoms with Gasteiger partial charge in [-0.05, 0) is 24.3 Å². The van der Waals surface area contributed by atoms with E-state index in [1.54, 1.807) is 12.1 Å². The maximum atomic E-state index is 14.2. The average Bonchev–Trinajstić information content (AvgIpc) is 2.99. The van der Waals surface area contributed by atoms with Crippen LogP contribution < -0.4 is 4.74 Å². The van der Waals surface area contributed by atoms with Crippen LogP contribution in [0.2, 0.25) is 0 Å². The van der Waals surface area contributed by atoms with Crippen LogP contribution >= 0.6 is 0 Å². The van der Waals surface area contributed by atoms with Gasteiger partial charge in [0.15, 0.2) is 11.6 Å². The number of benzene rings is 2. The highest BCUT2D eigenvalue weighted by atomic mass is 19.1. The molecule has 8 heteroatoms. The van der Waals surface area contributed by atoms with Gasteiger partial charge in [0.05, 0.1) is 17.0 Å². The fourth-order valence-corrected chi connectivity index (χ4v) is 2.34. The van der Waals surface area contributed by atoms with Crippen molar-refractivity contribution in [3.8, 4) is 17.0 Å². The van der Waals surface area contributed by atoms with Crippen LogP contribution in [0.5, 0.6) is 5.75 Å². The third kappa shape index (κ3) is 3.04. The van der Waals surface area contributed by atoms with Crippen molar-refractivity contribution in [3.05, 3.63) is 52.3 Å². The van der Waals surface area contributed by atoms with Crippen LogP contribution in [-0.2, 0) is 4.74 Å². The molecule has 0 saturated carbocycles. The predicted molar refractivity (Wildman–Crippen MR) is 85.5 cm³/mol. The Morgan fingerprint density at radius 3 is 2.79 bits per heavy atom. The molecule has 0 saturated heterocycles. The van der Waals surface area contributed by atoms with E-state index in [9.17, 15) is 14.5 Å². The third-order valence-corrected chi connectivity index (χ3v) is 3.51. The first-order chi connectivity index (χ1) is 11.6. The summed E-state index contributed by atoms with van der Waals surface area (Å²) in [5, 5.41) is 18.4. The van der Waals surface area contributed by atoms with Gasteiger partial charge in [-0.15, -0.1) is 0 Å². The molecule has 0 bridgehead atoms. The van der Waals surface area contributed by atoms with Crippen molar-refractivity contribution >= 4 is 16.6 Å². The quantitative estimate of drug-likeness (QED) is 0.425. The summed E-state index contributed by atoms with van der Waals surface area (Å²) in [5.41, 5.74) is 1.52. The summed E-state index contributed by atoms with van der Waals surface area (Å²) < 4.78 is 24.3. The molecule has 0 aliphatic carbocycles. The smallest absolute Gasteiger partial charge is 0.270 e. The Balaban J connectivity index is 1.96. The molecule has 0 aliphatic rings. The Morgan fingerprint density at radius 2 is 2.08 bits per heavy atom. The van der Waals surface area contributed by atoms with E-state index < -0.39 is 10.7 Å². The second-order valence-corrected chi connectivity index (χ2v) is 5.05. The highest BCUT2D eigenvalue weighted by Gasteiger charge is 2.15. The number of hydrogen-bond donors (Lipinski definition) is 1. The molecule has 1 aromatic heterocycles. The van der Waals surface area contributed by atoms with E-state index in [0.29, 0.717) is 28.8 Å². The van der Waals surface area contributed by atoms with E-state index in [-0.39, 0.29) is 18.0 Å². The molecule has 124 valence electrons. The molecule has 0 radical (unpaired) electrons. The number of H-pyrrole nitrogens is 1. The largest absolute Gasteiger partial charge is 0.488 e. The minimum absolute atomic E-state index is 0.0508. The van der Waals surface area contributed by atoms with Crippen LogP contribution in [0.1, 0.15) is 0 Å². The maximum Gasteiger partial charge on any atom is 0.270 e. The van der Waals surface area contributed by atoms with Gasteiger partial charge in [-0.3, -0.25) is 15.2 Å². The molecule has 2 aromatic carbocycles. The van der Waals surface area contributed by atoms with Gasteiger partial charge >= 0.3 is 0 Å². The molecular formula is C16H14FN3O4. The molecule has 0 atom stereocenters. The molecule has 1 heterocycles. The summed E-state index contributed by atoms with van der Waals surface area (Å²) in [7, 11) is 1.53. The molecular weight excluding hydrogens is 317 g/mol. The monoisotopic (exact) mass is 331 g/mol. The first-order valence-electron chi connectivity index (χ1n) is 7.14. The fraction of sp³-hybridized carbons (Fsp3) is 0.188. The van der Waals surface area contributed by atoms with Crippen molar-refractivity contribution in [1.82, 2.24) is 10.2 Å². The van der Waals surface area contributed by atoms with Crippen LogP contribution in [0, 0.1) is 15.9 Å². The fourth-order valence-electron chi connectivity index (χ4n) is 2.34. The van der Waals surface area contributed by atoms with Gasteiger partial charge in [0.1, 0.15) is 12.3 Å². The van der Waals surface area contributed by atoms with Gasteiger partial charge in [0.25, 0.3) is 5.69 Å². The molecule has 7 nitrogen and oxygen atoms in total. The Kier molecular flexibility index (Phi) is 4.39. The molecule has 0 fully saturated rings. The minimum Gasteiger partial charge on any atom is -0.488 e. The van der Waals surface area contributed by atoms with Crippen LogP contribution in [0.3, 0.4) is 0 Å². The molecule has 3 rings (SSSR count). The molecule has 0 spiro atoms. The van der Waals surface area contributed by atoms with Crippen molar-refractivity contribution in [2.24, 2.45) is 0 Å². The number of nitrogens with one attached hydrogen (secondary N) is 1. The topological polar surface area (TPSA) is 90.3 Å². The molecule has 0 unspecified atom stereocenters. The van der Waals surface area contributed by atoms with Gasteiger partial charge < -0.3 is 9.47 Å². The summed E-state index contributed by atoms with van der Waals surface area (Å²) in [6.45, 7) is 0.596. The molecule has 3 aromatic rings. The second kappa shape index (κ2) is 6.63. The van der Waals surface area contributed by atoms with Gasteiger partial charge in [-0.1, -0.05) is 0 Å². The van der Waals surface area contributed by atoms with Crippen LogP contribution in [0.15, 0.2) is 36.4 Å². The number of nitro groups is 1. The van der Waals surface area contributed by atoms with E-state index in [2.05, 4.69) is 10.2 Å². The van der Waals surface area contributed by atoms with E-state index >= 15 is 0 Å². The standard InChI is InChI=1S/C16H14FN3O4/c1-23-6-7-24-15-5-2-10(8-13(15)17)16-12-9-11(20(21)22)3-4-14(12)18-19-16/h2-5,8-9H,6-7H2,1H3,(H,18,19). The highest BCUT2D eigenvalue weighted by molar-refractivity contribution is 5.94. The lowest BCUT2D eigenvalue weighted by molar-refractivity contribution is -0.384. The predicted octanol–water partition coefficient (Wildman–Crippen LogP) is 3.30. The summed E-state index contributed by atoms with van der Waals surface area (Å²) in [6.07, 6.45) is 0. The molecule has 0 aliphatic heterocycles. The second-order valence-electron chi connectivity index (χ2n) is 5.05. The highest BCUT2D eigenvalue weighted by Crippen LogP contribution is 2.31. The number of nitrogens with zero attached hydrogens (tertiary/aromatic N) is 2. The van der Waals surface area contributed by atoms with Crippen molar-refractivity contribution in [2.75, 3.05) is 20.3 Å². The number of ether oxygens (including phenoxy) is 2. The SMILES string of the molecule is COCCOc1ccc(-c2n[nH]c3ccc([N+](=O)[O-])cc23)cc1F. The first kappa shape index (κ1) is 15.9. The number of aromatic nitrogens is 2. The Bertz CT molecular complexity index is 894. The van der Waals surface area contributed by atoms with Crippen LogP contribution in [-0.4, -0.2) is 35.4 Å². The van der Waals surface area contributed by atoms with Crippen LogP contribution in [0.4, 0.5) is 10.1 Å². The van der Waals surface area contributed by atoms with Crippen molar-refractivity contribution in [1.29, 1.82) is 0 Å². The van der Waals surface area contributed by atoms with E-state index in [4.69, 9.17) is 9.47 Å². The molecule has 1 N–H and O–H groups in total. The number of fused-ring (bicyclic) bond motifs is 1. The number of hydrogen-bond acceptors (Lipinski definition) is 5. The summed E-state index contributed by atoms with van der Waals surface area (Å²) in [5.74, 6) is -0.424. The first-order valence-corrected chi connectivity index (χ1v) is 7.14. The summed E-state index contributed by atoms with van der Waals surface area (Å²) in [6, 6.07) is 8.81. The van der Waals surface area contributed by atoms with Crippen LogP contribution in [0.25, 0.3) is 22.2 Å². The van der Waals surface area contributed by atoms with Gasteiger partial charge in [0.2, 0.25) is 0 Å². The van der Waals surface area contributed by atoms with E-state index in [0.717, 1.165) is 0 Å². The average molecular weight is 331 g/mol. The Hall–Kier alpha value is -3.00. The number of aromatic amines is 1. The maximum absolute atomic E-state index is 14.2. The zero-order valence-corrected chi connectivity index (χ0v) is 12.8. The van der Waals surface area contributed by atoms with Gasteiger partial charge in [-0.25, -0.2) is 4.39 Å². The molecule has 24 heavy (non-hydrogen) atoms. The molecule has 0 amide bonds. The number of non-ortho nitro benzene ring substituents is 1. The zero-order valence-electron chi connectivity index (χ0n) is 12.8. The summed E-state index contributed by atoms with van der Waals surface area (Å²) in [4.78, 5) is 10.4.